The van der Waals surface area contributed by atoms with E-state index in [4.69, 9.17) is 36.9 Å². The monoisotopic (exact) mass is 489 g/mol. The molecule has 0 aliphatic heterocycles. The van der Waals surface area contributed by atoms with E-state index >= 15 is 0 Å². The van der Waals surface area contributed by atoms with Crippen molar-refractivity contribution in [3.05, 3.63) is 81.8 Å². The summed E-state index contributed by atoms with van der Waals surface area (Å²) < 4.78 is 40.6. The Hall–Kier alpha value is -3.18. The van der Waals surface area contributed by atoms with Gasteiger partial charge in [0.1, 0.15) is 4.90 Å². The number of allylic oxidation sites excluding steroid dienone is 1. The molecule has 0 bridgehead atoms. The molecule has 0 heterocycles. The first-order valence-corrected chi connectivity index (χ1v) is 11.3. The van der Waals surface area contributed by atoms with E-state index < -0.39 is 10.1 Å². The molecule has 0 fully saturated rings. The average molecular weight is 490 g/mol. The first-order chi connectivity index (χ1) is 15.3. The van der Waals surface area contributed by atoms with E-state index in [-0.39, 0.29) is 15.7 Å². The molecule has 0 amide bonds. The second-order valence-electron chi connectivity index (χ2n) is 6.42. The lowest BCUT2D eigenvalue weighted by Gasteiger charge is -2.10. The largest absolute Gasteiger partial charge is 0.493 e. The summed E-state index contributed by atoms with van der Waals surface area (Å²) in [5, 5.41) is 10.1. The van der Waals surface area contributed by atoms with E-state index in [9.17, 15) is 13.7 Å². The number of hydrogen-bond acceptors (Lipinski definition) is 6. The topological polar surface area (TPSA) is 85.6 Å². The van der Waals surface area contributed by atoms with Crippen LogP contribution in [0, 0.1) is 11.3 Å². The summed E-state index contributed by atoms with van der Waals surface area (Å²) >= 11 is 12.0. The van der Waals surface area contributed by atoms with Crippen LogP contribution in [0.5, 0.6) is 17.2 Å². The summed E-state index contributed by atoms with van der Waals surface area (Å²) in [6.45, 7) is 0. The third-order valence-electron chi connectivity index (χ3n) is 4.38. The zero-order valence-electron chi connectivity index (χ0n) is 17.0. The second kappa shape index (κ2) is 9.96. The van der Waals surface area contributed by atoms with Crippen LogP contribution in [0.3, 0.4) is 0 Å². The van der Waals surface area contributed by atoms with Crippen LogP contribution in [0.25, 0.3) is 11.6 Å². The number of methoxy groups -OCH3 is 2. The summed E-state index contributed by atoms with van der Waals surface area (Å²) in [5.74, 6) is 0.990. The Kier molecular flexibility index (Phi) is 7.31. The highest BCUT2D eigenvalue weighted by atomic mass is 35.5. The molecule has 0 spiro atoms. The fourth-order valence-corrected chi connectivity index (χ4v) is 4.14. The highest BCUT2D eigenvalue weighted by Gasteiger charge is 2.18. The summed E-state index contributed by atoms with van der Waals surface area (Å²) in [7, 11) is -1.05. The Bertz CT molecular complexity index is 1310. The van der Waals surface area contributed by atoms with E-state index in [1.807, 2.05) is 0 Å². The number of ether oxygens (including phenoxy) is 2. The summed E-state index contributed by atoms with van der Waals surface area (Å²) in [5.41, 5.74) is 1.55. The number of hydrogen-bond donors (Lipinski definition) is 0. The third-order valence-corrected chi connectivity index (χ3v) is 6.18. The Morgan fingerprint density at radius 2 is 1.56 bits per heavy atom. The van der Waals surface area contributed by atoms with Gasteiger partial charge in [-0.05, 0) is 71.8 Å². The normalized spacial score (nSPS) is 11.5. The van der Waals surface area contributed by atoms with Crippen molar-refractivity contribution >= 4 is 45.0 Å². The first-order valence-electron chi connectivity index (χ1n) is 9.11. The number of nitriles is 1. The van der Waals surface area contributed by atoms with Gasteiger partial charge in [0.05, 0.1) is 30.9 Å². The maximum Gasteiger partial charge on any atom is 0.339 e. The first kappa shape index (κ1) is 23.5. The van der Waals surface area contributed by atoms with Crippen LogP contribution < -0.4 is 13.7 Å². The third kappa shape index (κ3) is 5.35. The minimum atomic E-state index is -4.09. The predicted molar refractivity (Wildman–Crippen MR) is 124 cm³/mol. The van der Waals surface area contributed by atoms with Gasteiger partial charge >= 0.3 is 10.1 Å². The Morgan fingerprint density at radius 1 is 0.906 bits per heavy atom. The molecule has 0 radical (unpaired) electrons. The van der Waals surface area contributed by atoms with E-state index in [1.54, 1.807) is 30.3 Å². The molecule has 3 aromatic rings. The number of halogens is 2. The molecule has 0 atom stereocenters. The maximum atomic E-state index is 12.5. The van der Waals surface area contributed by atoms with E-state index in [1.165, 1.54) is 50.6 Å². The van der Waals surface area contributed by atoms with Crippen molar-refractivity contribution < 1.29 is 22.1 Å². The van der Waals surface area contributed by atoms with E-state index in [2.05, 4.69) is 6.07 Å². The number of rotatable bonds is 7. The zero-order chi connectivity index (χ0) is 23.3. The lowest BCUT2D eigenvalue weighted by molar-refractivity contribution is 0.355. The van der Waals surface area contributed by atoms with Gasteiger partial charge in [-0.15, -0.1) is 0 Å². The summed E-state index contributed by atoms with van der Waals surface area (Å²) in [6.07, 6.45) is 1.62. The molecule has 0 aromatic heterocycles. The van der Waals surface area contributed by atoms with Crippen molar-refractivity contribution in [3.8, 4) is 23.3 Å². The predicted octanol–water partition coefficient (Wildman–Crippen LogP) is 5.84. The van der Waals surface area contributed by atoms with Gasteiger partial charge < -0.3 is 13.7 Å². The molecule has 32 heavy (non-hydrogen) atoms. The van der Waals surface area contributed by atoms with Crippen molar-refractivity contribution in [2.75, 3.05) is 14.2 Å². The molecule has 0 aliphatic carbocycles. The quantitative estimate of drug-likeness (QED) is 0.235. The molecule has 6 nitrogen and oxygen atoms in total. The van der Waals surface area contributed by atoms with Crippen LogP contribution in [0.4, 0.5) is 0 Å². The van der Waals surface area contributed by atoms with Crippen molar-refractivity contribution in [1.29, 1.82) is 5.26 Å². The molecule has 0 N–H and O–H groups in total. The average Bonchev–Trinajstić information content (AvgIpc) is 2.79. The van der Waals surface area contributed by atoms with Crippen molar-refractivity contribution in [2.45, 2.75) is 4.90 Å². The molecular formula is C23H17Cl2NO5S. The lowest BCUT2D eigenvalue weighted by atomic mass is 10.0. The molecule has 0 saturated heterocycles. The van der Waals surface area contributed by atoms with Crippen LogP contribution >= 0.6 is 23.2 Å². The molecule has 9 heteroatoms. The standard InChI is InChI=1S/C23H17Cl2NO5S/c1-29-22-10-4-16(13-23(22)30-2)17(14-26)11-15-3-9-21(20(25)12-15)31-32(27,28)19-7-5-18(24)6-8-19/h3-13H,1-2H3/b17-11+. The smallest absolute Gasteiger partial charge is 0.339 e. The summed E-state index contributed by atoms with van der Waals surface area (Å²) in [4.78, 5) is -0.0536. The molecule has 3 rings (SSSR count). The zero-order valence-corrected chi connectivity index (χ0v) is 19.3. The van der Waals surface area contributed by atoms with Gasteiger partial charge in [0.25, 0.3) is 0 Å². The lowest BCUT2D eigenvalue weighted by Crippen LogP contribution is -2.09. The minimum Gasteiger partial charge on any atom is -0.493 e. The second-order valence-corrected chi connectivity index (χ2v) is 8.81. The van der Waals surface area contributed by atoms with Crippen LogP contribution in [-0.2, 0) is 10.1 Å². The Balaban J connectivity index is 1.89. The van der Waals surface area contributed by atoms with Crippen molar-refractivity contribution in [2.24, 2.45) is 0 Å². The molecule has 3 aromatic carbocycles. The molecule has 164 valence electrons. The molecule has 0 saturated carbocycles. The molecular weight excluding hydrogens is 473 g/mol. The maximum absolute atomic E-state index is 12.5. The van der Waals surface area contributed by atoms with Crippen LogP contribution in [0.15, 0.2) is 65.6 Å². The Morgan fingerprint density at radius 3 is 2.16 bits per heavy atom. The van der Waals surface area contributed by atoms with Crippen LogP contribution in [-0.4, -0.2) is 22.6 Å². The van der Waals surface area contributed by atoms with Gasteiger partial charge in [-0.25, -0.2) is 0 Å². The van der Waals surface area contributed by atoms with E-state index in [0.29, 0.717) is 33.2 Å². The van der Waals surface area contributed by atoms with Gasteiger partial charge in [0, 0.05) is 5.02 Å². The van der Waals surface area contributed by atoms with Crippen LogP contribution in [0.1, 0.15) is 11.1 Å². The highest BCUT2D eigenvalue weighted by Crippen LogP contribution is 2.33. The van der Waals surface area contributed by atoms with E-state index in [0.717, 1.165) is 0 Å². The van der Waals surface area contributed by atoms with Crippen LogP contribution in [0.2, 0.25) is 10.0 Å². The molecule has 0 aliphatic rings. The fraction of sp³-hybridized carbons (Fsp3) is 0.0870. The van der Waals surface area contributed by atoms with Gasteiger partial charge in [-0.1, -0.05) is 29.3 Å². The SMILES string of the molecule is COc1ccc(/C(C#N)=C/c2ccc(OS(=O)(=O)c3ccc(Cl)cc3)c(Cl)c2)cc1OC. The van der Waals surface area contributed by atoms with Gasteiger partial charge in [0.2, 0.25) is 0 Å². The van der Waals surface area contributed by atoms with Gasteiger partial charge in [-0.3, -0.25) is 0 Å². The molecule has 0 unspecified atom stereocenters. The van der Waals surface area contributed by atoms with Gasteiger partial charge in [0.15, 0.2) is 17.2 Å². The number of nitrogens with zero attached hydrogens (tertiary/aromatic N) is 1. The minimum absolute atomic E-state index is 0.0385. The number of benzene rings is 3. The summed E-state index contributed by atoms with van der Waals surface area (Å²) in [6, 6.07) is 17.4. The van der Waals surface area contributed by atoms with Crippen molar-refractivity contribution in [3.63, 3.8) is 0 Å². The fourth-order valence-electron chi connectivity index (χ4n) is 2.79. The van der Waals surface area contributed by atoms with Crippen molar-refractivity contribution in [1.82, 2.24) is 0 Å². The Labute approximate surface area is 196 Å². The highest BCUT2D eigenvalue weighted by molar-refractivity contribution is 7.87. The van der Waals surface area contributed by atoms with Gasteiger partial charge in [-0.2, -0.15) is 13.7 Å².